The van der Waals surface area contributed by atoms with Crippen LogP contribution in [0, 0.1) is 10.1 Å². The molecule has 2 heterocycles. The van der Waals surface area contributed by atoms with Crippen LogP contribution in [0.4, 0.5) is 16.2 Å². The van der Waals surface area contributed by atoms with Crippen molar-refractivity contribution in [2.45, 2.75) is 0 Å². The average molecular weight is 465 g/mol. The van der Waals surface area contributed by atoms with Gasteiger partial charge in [-0.05, 0) is 48.0 Å². The Balaban J connectivity index is 1.54. The summed E-state index contributed by atoms with van der Waals surface area (Å²) in [5.41, 5.74) is 0.378. The second-order valence-electron chi connectivity index (χ2n) is 6.72. The lowest BCUT2D eigenvalue weighted by Gasteiger charge is -2.26. The van der Waals surface area contributed by atoms with Gasteiger partial charge < -0.3 is 4.74 Å². The zero-order valence-electron chi connectivity index (χ0n) is 16.6. The fraction of sp³-hybridized carbons (Fsp3) is 0. The van der Waals surface area contributed by atoms with E-state index in [1.54, 1.807) is 24.3 Å². The molecule has 1 aliphatic heterocycles. The van der Waals surface area contributed by atoms with Gasteiger partial charge in [0.05, 0.1) is 10.6 Å². The van der Waals surface area contributed by atoms with Crippen LogP contribution in [0.25, 0.3) is 6.08 Å². The molecule has 1 N–H and O–H groups in total. The van der Waals surface area contributed by atoms with Crippen molar-refractivity contribution in [1.29, 1.82) is 0 Å². The van der Waals surface area contributed by atoms with E-state index in [0.717, 1.165) is 11.1 Å². The van der Waals surface area contributed by atoms with Crippen LogP contribution in [0.3, 0.4) is 0 Å². The van der Waals surface area contributed by atoms with E-state index in [0.29, 0.717) is 16.3 Å². The number of carbonyl (C=O) groups excluding carboxylic acids is 3. The lowest BCUT2D eigenvalue weighted by molar-refractivity contribution is -0.385. The smallest absolute Gasteiger partial charge is 0.335 e. The second-order valence-corrected chi connectivity index (χ2v) is 7.15. The van der Waals surface area contributed by atoms with Gasteiger partial charge in [-0.3, -0.25) is 25.0 Å². The van der Waals surface area contributed by atoms with E-state index in [-0.39, 0.29) is 22.8 Å². The van der Waals surface area contributed by atoms with Crippen LogP contribution in [-0.4, -0.2) is 27.8 Å². The van der Waals surface area contributed by atoms with E-state index in [2.05, 4.69) is 10.3 Å². The predicted molar refractivity (Wildman–Crippen MR) is 118 cm³/mol. The number of barbiturate groups is 1. The summed E-state index contributed by atoms with van der Waals surface area (Å²) >= 11 is 5.86. The topological polar surface area (TPSA) is 132 Å². The zero-order chi connectivity index (χ0) is 23.5. The van der Waals surface area contributed by atoms with Crippen molar-refractivity contribution in [3.63, 3.8) is 0 Å². The van der Waals surface area contributed by atoms with Gasteiger partial charge in [0.25, 0.3) is 17.5 Å². The Morgan fingerprint density at radius 1 is 1.00 bits per heavy atom. The van der Waals surface area contributed by atoms with Crippen molar-refractivity contribution < 1.29 is 24.0 Å². The number of nitrogens with zero attached hydrogens (tertiary/aromatic N) is 3. The number of halogens is 1. The molecule has 1 saturated heterocycles. The van der Waals surface area contributed by atoms with Crippen LogP contribution in [0.15, 0.2) is 72.4 Å². The molecule has 4 rings (SSSR count). The molecular formula is C22H13ClN4O6. The van der Waals surface area contributed by atoms with E-state index < -0.39 is 22.8 Å². The third-order valence-electron chi connectivity index (χ3n) is 4.53. The Morgan fingerprint density at radius 2 is 1.70 bits per heavy atom. The Morgan fingerprint density at radius 3 is 2.30 bits per heavy atom. The standard InChI is InChI=1S/C22H13ClN4O6/c23-14-3-5-15(6-4-14)26-21(29)18(20(28)25-22(26)30)11-13-1-8-17(9-2-13)33-19-10-7-16(12-24-19)27(31)32/h1-12H,(H,25,28,30)/b18-11+. The molecule has 0 spiro atoms. The fourth-order valence-electron chi connectivity index (χ4n) is 2.94. The molecule has 0 radical (unpaired) electrons. The van der Waals surface area contributed by atoms with Gasteiger partial charge in [-0.1, -0.05) is 23.7 Å². The highest BCUT2D eigenvalue weighted by Crippen LogP contribution is 2.25. The normalized spacial score (nSPS) is 14.9. The van der Waals surface area contributed by atoms with Gasteiger partial charge in [-0.25, -0.2) is 14.7 Å². The van der Waals surface area contributed by atoms with Gasteiger partial charge in [0.15, 0.2) is 0 Å². The van der Waals surface area contributed by atoms with Crippen LogP contribution in [0.2, 0.25) is 5.02 Å². The summed E-state index contributed by atoms with van der Waals surface area (Å²) in [7, 11) is 0. The van der Waals surface area contributed by atoms with Crippen molar-refractivity contribution in [3.8, 4) is 11.6 Å². The maximum absolute atomic E-state index is 12.9. The molecule has 1 aliphatic rings. The molecule has 2 aromatic carbocycles. The van der Waals surface area contributed by atoms with E-state index in [1.807, 2.05) is 0 Å². The first-order chi connectivity index (χ1) is 15.8. The minimum Gasteiger partial charge on any atom is -0.439 e. The van der Waals surface area contributed by atoms with Crippen molar-refractivity contribution in [3.05, 3.63) is 93.1 Å². The Bertz CT molecular complexity index is 1290. The lowest BCUT2D eigenvalue weighted by Crippen LogP contribution is -2.54. The minimum absolute atomic E-state index is 0.158. The Kier molecular flexibility index (Phi) is 5.83. The molecule has 0 atom stereocenters. The highest BCUT2D eigenvalue weighted by atomic mass is 35.5. The van der Waals surface area contributed by atoms with Crippen LogP contribution >= 0.6 is 11.6 Å². The summed E-state index contributed by atoms with van der Waals surface area (Å²) in [5.74, 6) is -1.05. The first-order valence-electron chi connectivity index (χ1n) is 9.37. The van der Waals surface area contributed by atoms with Gasteiger partial charge in [-0.15, -0.1) is 0 Å². The fourth-order valence-corrected chi connectivity index (χ4v) is 3.07. The van der Waals surface area contributed by atoms with Gasteiger partial charge >= 0.3 is 6.03 Å². The van der Waals surface area contributed by atoms with Gasteiger partial charge in [0, 0.05) is 17.2 Å². The Labute approximate surface area is 191 Å². The number of benzene rings is 2. The van der Waals surface area contributed by atoms with E-state index >= 15 is 0 Å². The molecule has 10 nitrogen and oxygen atoms in total. The summed E-state index contributed by atoms with van der Waals surface area (Å²) in [6, 6.07) is 14.1. The van der Waals surface area contributed by atoms with Crippen LogP contribution in [-0.2, 0) is 9.59 Å². The third-order valence-corrected chi connectivity index (χ3v) is 4.78. The van der Waals surface area contributed by atoms with E-state index in [1.165, 1.54) is 42.5 Å². The minimum atomic E-state index is -0.858. The number of amides is 4. The summed E-state index contributed by atoms with van der Waals surface area (Å²) in [4.78, 5) is 52.2. The highest BCUT2D eigenvalue weighted by molar-refractivity contribution is 6.39. The summed E-state index contributed by atoms with van der Waals surface area (Å²) in [6.45, 7) is 0. The van der Waals surface area contributed by atoms with Crippen molar-refractivity contribution in [1.82, 2.24) is 10.3 Å². The number of hydrogen-bond donors (Lipinski definition) is 1. The number of nitrogens with one attached hydrogen (secondary N) is 1. The molecule has 0 saturated carbocycles. The number of aromatic nitrogens is 1. The summed E-state index contributed by atoms with van der Waals surface area (Å²) in [6.07, 6.45) is 2.43. The number of anilines is 1. The monoisotopic (exact) mass is 464 g/mol. The number of nitro groups is 1. The number of hydrogen-bond acceptors (Lipinski definition) is 7. The highest BCUT2D eigenvalue weighted by Gasteiger charge is 2.36. The van der Waals surface area contributed by atoms with Crippen LogP contribution in [0.5, 0.6) is 11.6 Å². The number of carbonyl (C=O) groups is 3. The maximum Gasteiger partial charge on any atom is 0.335 e. The van der Waals surface area contributed by atoms with Crippen molar-refractivity contribution in [2.24, 2.45) is 0 Å². The van der Waals surface area contributed by atoms with E-state index in [4.69, 9.17) is 16.3 Å². The van der Waals surface area contributed by atoms with Gasteiger partial charge in [0.1, 0.15) is 17.5 Å². The molecule has 11 heteroatoms. The Hall–Kier alpha value is -4.57. The van der Waals surface area contributed by atoms with Crippen molar-refractivity contribution in [2.75, 3.05) is 4.90 Å². The average Bonchev–Trinajstić information content (AvgIpc) is 2.79. The van der Waals surface area contributed by atoms with Crippen molar-refractivity contribution >= 4 is 46.9 Å². The van der Waals surface area contributed by atoms with E-state index in [9.17, 15) is 24.5 Å². The first kappa shape index (κ1) is 21.7. The predicted octanol–water partition coefficient (Wildman–Crippen LogP) is 4.10. The molecule has 164 valence electrons. The third kappa shape index (κ3) is 4.70. The second kappa shape index (κ2) is 8.89. The summed E-state index contributed by atoms with van der Waals surface area (Å²) < 4.78 is 5.53. The zero-order valence-corrected chi connectivity index (χ0v) is 17.4. The number of ether oxygens (including phenoxy) is 1. The SMILES string of the molecule is O=C1NC(=O)N(c2ccc(Cl)cc2)C(=O)/C1=C/c1ccc(Oc2ccc([N+](=O)[O-])cn2)cc1. The quantitative estimate of drug-likeness (QED) is 0.260. The lowest BCUT2D eigenvalue weighted by atomic mass is 10.1. The summed E-state index contributed by atoms with van der Waals surface area (Å²) in [5, 5.41) is 13.3. The number of pyridine rings is 1. The molecule has 1 aromatic heterocycles. The molecule has 1 fully saturated rings. The number of urea groups is 1. The van der Waals surface area contributed by atoms with Gasteiger partial charge in [-0.2, -0.15) is 0 Å². The molecule has 4 amide bonds. The first-order valence-corrected chi connectivity index (χ1v) is 9.75. The molecular weight excluding hydrogens is 452 g/mol. The largest absolute Gasteiger partial charge is 0.439 e. The molecule has 3 aromatic rings. The number of rotatable bonds is 5. The molecule has 0 unspecified atom stereocenters. The molecule has 0 aliphatic carbocycles. The molecule has 0 bridgehead atoms. The number of imide groups is 2. The maximum atomic E-state index is 12.9. The van der Waals surface area contributed by atoms with Crippen LogP contribution in [0.1, 0.15) is 5.56 Å². The molecule has 33 heavy (non-hydrogen) atoms. The van der Waals surface area contributed by atoms with Gasteiger partial charge in [0.2, 0.25) is 5.88 Å². The van der Waals surface area contributed by atoms with Crippen LogP contribution < -0.4 is 15.0 Å².